The molecule has 152 valence electrons. The summed E-state index contributed by atoms with van der Waals surface area (Å²) in [6, 6.07) is 6.83. The number of methoxy groups -OCH3 is 3. The third-order valence-electron chi connectivity index (χ3n) is 4.26. The lowest BCUT2D eigenvalue weighted by Crippen LogP contribution is -2.37. The molecule has 0 N–H and O–H groups in total. The molecule has 0 spiro atoms. The molecule has 0 saturated heterocycles. The third kappa shape index (κ3) is 4.76. The van der Waals surface area contributed by atoms with Crippen LogP contribution in [0.15, 0.2) is 28.7 Å². The number of carbonyl (C=O) groups is 2. The zero-order valence-corrected chi connectivity index (χ0v) is 17.1. The van der Waals surface area contributed by atoms with Crippen molar-refractivity contribution in [3.8, 4) is 17.2 Å². The molecule has 0 atom stereocenters. The Morgan fingerprint density at radius 1 is 0.964 bits per heavy atom. The average Bonchev–Trinajstić information content (AvgIpc) is 3.15. The van der Waals surface area contributed by atoms with Crippen LogP contribution in [0.5, 0.6) is 17.2 Å². The van der Waals surface area contributed by atoms with Gasteiger partial charge in [-0.1, -0.05) is 0 Å². The first-order chi connectivity index (χ1) is 13.3. The van der Waals surface area contributed by atoms with E-state index in [1.165, 1.54) is 9.80 Å². The molecule has 0 aliphatic heterocycles. The van der Waals surface area contributed by atoms with Crippen molar-refractivity contribution in [2.45, 2.75) is 6.42 Å². The molecule has 1 heterocycles. The van der Waals surface area contributed by atoms with E-state index in [0.717, 1.165) is 5.56 Å². The second-order valence-corrected chi connectivity index (χ2v) is 6.40. The van der Waals surface area contributed by atoms with Crippen LogP contribution >= 0.6 is 0 Å². The largest absolute Gasteiger partial charge is 0.496 e. The lowest BCUT2D eigenvalue weighted by Gasteiger charge is -2.18. The molecule has 0 radical (unpaired) electrons. The van der Waals surface area contributed by atoms with Crippen LogP contribution in [0.3, 0.4) is 0 Å². The van der Waals surface area contributed by atoms with E-state index >= 15 is 0 Å². The summed E-state index contributed by atoms with van der Waals surface area (Å²) in [6.07, 6.45) is 0.365. The Morgan fingerprint density at radius 3 is 2.07 bits per heavy atom. The lowest BCUT2D eigenvalue weighted by molar-refractivity contribution is -0.129. The van der Waals surface area contributed by atoms with E-state index in [0.29, 0.717) is 29.4 Å². The van der Waals surface area contributed by atoms with Gasteiger partial charge in [0.15, 0.2) is 5.76 Å². The van der Waals surface area contributed by atoms with Gasteiger partial charge in [-0.05, 0) is 12.1 Å². The molecule has 0 saturated carbocycles. The summed E-state index contributed by atoms with van der Waals surface area (Å²) in [7, 11) is 9.52. The standard InChI is InChI=1S/C20H26N2O6/c1-21(2)19(23)12-22(3)20(24)16-8-7-13(28-16)9-15-17(26-5)10-14(25-4)11-18(15)27-6/h7-8,10-11H,9,12H2,1-6H3. The van der Waals surface area contributed by atoms with Crippen molar-refractivity contribution in [1.82, 2.24) is 9.80 Å². The van der Waals surface area contributed by atoms with Crippen LogP contribution in [0, 0.1) is 0 Å². The molecule has 1 aromatic carbocycles. The van der Waals surface area contributed by atoms with Crippen LogP contribution in [-0.2, 0) is 11.2 Å². The van der Waals surface area contributed by atoms with Crippen molar-refractivity contribution in [1.29, 1.82) is 0 Å². The Hall–Kier alpha value is -3.16. The Kier molecular flexibility index (Phi) is 6.92. The monoisotopic (exact) mass is 390 g/mol. The summed E-state index contributed by atoms with van der Waals surface area (Å²) >= 11 is 0. The number of nitrogens with zero attached hydrogens (tertiary/aromatic N) is 2. The van der Waals surface area contributed by atoms with E-state index in [2.05, 4.69) is 0 Å². The molecular weight excluding hydrogens is 364 g/mol. The minimum atomic E-state index is -0.366. The molecule has 8 heteroatoms. The average molecular weight is 390 g/mol. The van der Waals surface area contributed by atoms with Crippen molar-refractivity contribution in [3.05, 3.63) is 41.3 Å². The summed E-state index contributed by atoms with van der Waals surface area (Å²) in [4.78, 5) is 27.0. The Bertz CT molecular complexity index is 818. The number of likely N-dealkylation sites (N-methyl/N-ethyl adjacent to an activating group) is 2. The highest BCUT2D eigenvalue weighted by Gasteiger charge is 2.21. The van der Waals surface area contributed by atoms with Gasteiger partial charge >= 0.3 is 0 Å². The van der Waals surface area contributed by atoms with Crippen LogP contribution in [0.2, 0.25) is 0 Å². The fourth-order valence-corrected chi connectivity index (χ4v) is 2.62. The number of hydrogen-bond donors (Lipinski definition) is 0. The number of ether oxygens (including phenoxy) is 3. The Labute approximate surface area is 164 Å². The van der Waals surface area contributed by atoms with Crippen LogP contribution < -0.4 is 14.2 Å². The summed E-state index contributed by atoms with van der Waals surface area (Å²) < 4.78 is 21.8. The van der Waals surface area contributed by atoms with Crippen LogP contribution in [-0.4, -0.2) is 70.6 Å². The van der Waals surface area contributed by atoms with Crippen molar-refractivity contribution in [2.75, 3.05) is 49.0 Å². The Morgan fingerprint density at radius 2 is 1.57 bits per heavy atom. The van der Waals surface area contributed by atoms with Gasteiger partial charge in [0, 0.05) is 45.3 Å². The van der Waals surface area contributed by atoms with Gasteiger partial charge in [0.1, 0.15) is 23.0 Å². The maximum atomic E-state index is 12.5. The smallest absolute Gasteiger partial charge is 0.289 e. The van der Waals surface area contributed by atoms with E-state index in [4.69, 9.17) is 18.6 Å². The van der Waals surface area contributed by atoms with Crippen molar-refractivity contribution < 1.29 is 28.2 Å². The molecule has 0 unspecified atom stereocenters. The van der Waals surface area contributed by atoms with E-state index in [1.807, 2.05) is 0 Å². The predicted molar refractivity (Wildman–Crippen MR) is 103 cm³/mol. The van der Waals surface area contributed by atoms with Crippen LogP contribution in [0.4, 0.5) is 0 Å². The molecule has 0 fully saturated rings. The van der Waals surface area contributed by atoms with Gasteiger partial charge in [0.25, 0.3) is 5.91 Å². The number of carbonyl (C=O) groups excluding carboxylic acids is 2. The molecule has 0 aliphatic carbocycles. The summed E-state index contributed by atoms with van der Waals surface area (Å²) in [5, 5.41) is 0. The van der Waals surface area contributed by atoms with Gasteiger partial charge in [0.05, 0.1) is 27.9 Å². The molecular formula is C20H26N2O6. The molecule has 2 rings (SSSR count). The molecule has 28 heavy (non-hydrogen) atoms. The van der Waals surface area contributed by atoms with Crippen molar-refractivity contribution in [2.24, 2.45) is 0 Å². The normalized spacial score (nSPS) is 10.4. The molecule has 8 nitrogen and oxygen atoms in total. The lowest BCUT2D eigenvalue weighted by atomic mass is 10.1. The fraction of sp³-hybridized carbons (Fsp3) is 0.400. The third-order valence-corrected chi connectivity index (χ3v) is 4.26. The number of furan rings is 1. The first-order valence-corrected chi connectivity index (χ1v) is 8.63. The van der Waals surface area contributed by atoms with E-state index in [-0.39, 0.29) is 24.1 Å². The van der Waals surface area contributed by atoms with E-state index < -0.39 is 0 Å². The summed E-state index contributed by atoms with van der Waals surface area (Å²) in [5.74, 6) is 1.99. The molecule has 2 amide bonds. The highest BCUT2D eigenvalue weighted by atomic mass is 16.5. The van der Waals surface area contributed by atoms with Gasteiger partial charge < -0.3 is 28.4 Å². The minimum Gasteiger partial charge on any atom is -0.496 e. The highest BCUT2D eigenvalue weighted by Crippen LogP contribution is 2.35. The SMILES string of the molecule is COc1cc(OC)c(Cc2ccc(C(=O)N(C)CC(=O)N(C)C)o2)c(OC)c1. The minimum absolute atomic E-state index is 0.0258. The fourth-order valence-electron chi connectivity index (χ4n) is 2.62. The first-order valence-electron chi connectivity index (χ1n) is 8.63. The van der Waals surface area contributed by atoms with Gasteiger partial charge in [-0.15, -0.1) is 0 Å². The topological polar surface area (TPSA) is 81.5 Å². The zero-order chi connectivity index (χ0) is 20.8. The van der Waals surface area contributed by atoms with E-state index in [1.54, 1.807) is 66.7 Å². The summed E-state index contributed by atoms with van der Waals surface area (Å²) in [6.45, 7) is -0.0258. The number of amides is 2. The van der Waals surface area contributed by atoms with Gasteiger partial charge in [-0.2, -0.15) is 0 Å². The second-order valence-electron chi connectivity index (χ2n) is 6.40. The highest BCUT2D eigenvalue weighted by molar-refractivity contribution is 5.94. The van der Waals surface area contributed by atoms with Gasteiger partial charge in [-0.25, -0.2) is 0 Å². The van der Waals surface area contributed by atoms with Crippen LogP contribution in [0.1, 0.15) is 21.9 Å². The Balaban J connectivity index is 2.21. The second kappa shape index (κ2) is 9.16. The zero-order valence-electron chi connectivity index (χ0n) is 17.1. The first kappa shape index (κ1) is 21.1. The number of benzene rings is 1. The molecule has 1 aromatic heterocycles. The molecule has 2 aromatic rings. The number of hydrogen-bond acceptors (Lipinski definition) is 6. The quantitative estimate of drug-likeness (QED) is 0.686. The number of rotatable bonds is 8. The van der Waals surface area contributed by atoms with E-state index in [9.17, 15) is 9.59 Å². The van der Waals surface area contributed by atoms with Crippen molar-refractivity contribution >= 4 is 11.8 Å². The maximum Gasteiger partial charge on any atom is 0.289 e. The maximum absolute atomic E-state index is 12.5. The van der Waals surface area contributed by atoms with Gasteiger partial charge in [-0.3, -0.25) is 9.59 Å². The van der Waals surface area contributed by atoms with Crippen LogP contribution in [0.25, 0.3) is 0 Å². The molecule has 0 aliphatic rings. The van der Waals surface area contributed by atoms with Crippen molar-refractivity contribution in [3.63, 3.8) is 0 Å². The summed E-state index contributed by atoms with van der Waals surface area (Å²) in [5.41, 5.74) is 0.773. The van der Waals surface area contributed by atoms with Gasteiger partial charge in [0.2, 0.25) is 5.91 Å². The molecule has 0 bridgehead atoms. The predicted octanol–water partition coefficient (Wildman–Crippen LogP) is 2.06.